The Morgan fingerprint density at radius 1 is 0.842 bits per heavy atom. The molecule has 2 nitrogen and oxygen atoms in total. The number of nitrogens with one attached hydrogen (secondary N) is 1. The summed E-state index contributed by atoms with van der Waals surface area (Å²) in [5, 5.41) is 2.61. The van der Waals surface area contributed by atoms with E-state index in [9.17, 15) is 4.79 Å². The molecule has 0 spiro atoms. The van der Waals surface area contributed by atoms with Crippen LogP contribution in [-0.2, 0) is 4.79 Å². The van der Waals surface area contributed by atoms with Crippen molar-refractivity contribution in [2.24, 2.45) is 0 Å². The van der Waals surface area contributed by atoms with Gasteiger partial charge < -0.3 is 5.32 Å². The summed E-state index contributed by atoms with van der Waals surface area (Å²) in [5.41, 5.74) is 0. The predicted octanol–water partition coefficient (Wildman–Crippen LogP) is 5.39. The molecule has 0 unspecified atom stereocenters. The Morgan fingerprint density at radius 2 is 1.26 bits per heavy atom. The van der Waals surface area contributed by atoms with Crippen LogP contribution in [-0.4, -0.2) is 16.2 Å². The van der Waals surface area contributed by atoms with E-state index in [0.717, 1.165) is 12.8 Å². The summed E-state index contributed by atoms with van der Waals surface area (Å²) in [4.78, 5) is 11.2. The van der Waals surface area contributed by atoms with Crippen LogP contribution in [0.4, 0.5) is 0 Å². The molecule has 1 amide bonds. The molecule has 0 aromatic carbocycles. The van der Waals surface area contributed by atoms with Crippen LogP contribution >= 0.6 is 34.8 Å². The monoisotopic (exact) mass is 329 g/mol. The van der Waals surface area contributed by atoms with E-state index in [2.05, 4.69) is 12.2 Å². The lowest BCUT2D eigenvalue weighted by Crippen LogP contribution is -2.35. The van der Waals surface area contributed by atoms with Crippen LogP contribution in [0.2, 0.25) is 0 Å². The van der Waals surface area contributed by atoms with Gasteiger partial charge in [-0.1, -0.05) is 99.5 Å². The smallest absolute Gasteiger partial charge is 0.272 e. The van der Waals surface area contributed by atoms with Gasteiger partial charge in [0.1, 0.15) is 0 Å². The van der Waals surface area contributed by atoms with Crippen molar-refractivity contribution in [2.45, 2.75) is 74.9 Å². The summed E-state index contributed by atoms with van der Waals surface area (Å²) < 4.78 is -1.83. The molecule has 0 aliphatic carbocycles. The van der Waals surface area contributed by atoms with Gasteiger partial charge in [-0.3, -0.25) is 4.79 Å². The summed E-state index contributed by atoms with van der Waals surface area (Å²) in [7, 11) is 0. The maximum atomic E-state index is 11.2. The molecule has 0 aromatic rings. The predicted molar refractivity (Wildman–Crippen MR) is 85.1 cm³/mol. The molecule has 5 heteroatoms. The lowest BCUT2D eigenvalue weighted by molar-refractivity contribution is -0.120. The van der Waals surface area contributed by atoms with Gasteiger partial charge in [-0.25, -0.2) is 0 Å². The molecule has 1 N–H and O–H groups in total. The van der Waals surface area contributed by atoms with Gasteiger partial charge in [-0.15, -0.1) is 0 Å². The third kappa shape index (κ3) is 13.1. The summed E-state index contributed by atoms with van der Waals surface area (Å²) in [6.45, 7) is 2.82. The second-order valence-corrected chi connectivity index (χ2v) is 7.22. The van der Waals surface area contributed by atoms with E-state index in [1.54, 1.807) is 0 Å². The van der Waals surface area contributed by atoms with Crippen LogP contribution in [0.25, 0.3) is 0 Å². The van der Waals surface area contributed by atoms with Gasteiger partial charge in [0.25, 0.3) is 9.70 Å². The van der Waals surface area contributed by atoms with E-state index in [4.69, 9.17) is 34.8 Å². The summed E-state index contributed by atoms with van der Waals surface area (Å²) in [5.74, 6) is -0.534. The highest BCUT2D eigenvalue weighted by Crippen LogP contribution is 2.25. The molecule has 0 aliphatic rings. The van der Waals surface area contributed by atoms with E-state index >= 15 is 0 Å². The molecule has 0 aliphatic heterocycles. The van der Waals surface area contributed by atoms with Crippen molar-refractivity contribution >= 4 is 40.7 Å². The van der Waals surface area contributed by atoms with Gasteiger partial charge in [-0.2, -0.15) is 0 Å². The molecular formula is C14H26Cl3NO. The van der Waals surface area contributed by atoms with E-state index in [1.807, 2.05) is 0 Å². The van der Waals surface area contributed by atoms with Crippen LogP contribution < -0.4 is 5.32 Å². The fraction of sp³-hybridized carbons (Fsp3) is 0.929. The number of hydrogen-bond acceptors (Lipinski definition) is 1. The summed E-state index contributed by atoms with van der Waals surface area (Å²) in [6.07, 6.45) is 12.7. The van der Waals surface area contributed by atoms with Crippen LogP contribution in [0, 0.1) is 0 Å². The average molecular weight is 331 g/mol. The Labute approximate surface area is 132 Å². The minimum absolute atomic E-state index is 0.534. The van der Waals surface area contributed by atoms with Gasteiger partial charge in [0, 0.05) is 6.54 Å². The third-order valence-corrected chi connectivity index (χ3v) is 3.59. The number of carbonyl (C=O) groups is 1. The second kappa shape index (κ2) is 12.1. The molecule has 0 bridgehead atoms. The second-order valence-electron chi connectivity index (χ2n) is 4.94. The highest BCUT2D eigenvalue weighted by atomic mass is 35.6. The largest absolute Gasteiger partial charge is 0.352 e. The van der Waals surface area contributed by atoms with Gasteiger partial charge in [0.15, 0.2) is 0 Å². The summed E-state index contributed by atoms with van der Waals surface area (Å²) in [6, 6.07) is 0. The number of alkyl halides is 3. The first-order valence-electron chi connectivity index (χ1n) is 7.33. The molecule has 0 radical (unpaired) electrons. The zero-order valence-corrected chi connectivity index (χ0v) is 14.1. The van der Waals surface area contributed by atoms with Gasteiger partial charge in [0.05, 0.1) is 0 Å². The zero-order valence-electron chi connectivity index (χ0n) is 11.8. The quantitative estimate of drug-likeness (QED) is 0.399. The van der Waals surface area contributed by atoms with Crippen LogP contribution in [0.1, 0.15) is 71.1 Å². The lowest BCUT2D eigenvalue weighted by atomic mass is 10.1. The Morgan fingerprint density at radius 3 is 1.68 bits per heavy atom. The molecule has 0 saturated carbocycles. The standard InChI is InChI=1S/C14H26Cl3NO/c1-2-3-4-5-6-7-8-9-10-11-12-18-13(19)14(15,16)17/h2-12H2,1H3,(H,18,19). The first kappa shape index (κ1) is 19.3. The number of halogens is 3. The summed E-state index contributed by atoms with van der Waals surface area (Å²) >= 11 is 16.3. The number of amides is 1. The molecule has 0 heterocycles. The van der Waals surface area contributed by atoms with Crippen molar-refractivity contribution < 1.29 is 4.79 Å². The third-order valence-electron chi connectivity index (χ3n) is 3.07. The van der Waals surface area contributed by atoms with Crippen molar-refractivity contribution in [3.05, 3.63) is 0 Å². The van der Waals surface area contributed by atoms with Crippen molar-refractivity contribution in [1.82, 2.24) is 5.32 Å². The fourth-order valence-corrected chi connectivity index (χ4v) is 2.12. The van der Waals surface area contributed by atoms with Crippen molar-refractivity contribution in [3.8, 4) is 0 Å². The molecule has 114 valence electrons. The Kier molecular flexibility index (Phi) is 12.3. The van der Waals surface area contributed by atoms with E-state index in [0.29, 0.717) is 6.54 Å². The average Bonchev–Trinajstić information content (AvgIpc) is 2.34. The van der Waals surface area contributed by atoms with Gasteiger partial charge in [-0.05, 0) is 6.42 Å². The molecule has 19 heavy (non-hydrogen) atoms. The topological polar surface area (TPSA) is 29.1 Å². The van der Waals surface area contributed by atoms with E-state index in [-0.39, 0.29) is 0 Å². The lowest BCUT2D eigenvalue weighted by Gasteiger charge is -2.10. The van der Waals surface area contributed by atoms with E-state index in [1.165, 1.54) is 51.4 Å². The number of carbonyl (C=O) groups excluding carboxylic acids is 1. The molecule has 0 aromatic heterocycles. The number of unbranched alkanes of at least 4 members (excludes halogenated alkanes) is 9. The van der Waals surface area contributed by atoms with Gasteiger partial charge >= 0.3 is 0 Å². The minimum atomic E-state index is -1.83. The molecule has 0 fully saturated rings. The Hall–Kier alpha value is 0.340. The number of rotatable bonds is 11. The number of hydrogen-bond donors (Lipinski definition) is 1. The molecule has 0 saturated heterocycles. The maximum absolute atomic E-state index is 11.2. The molecular weight excluding hydrogens is 305 g/mol. The zero-order chi connectivity index (χ0) is 14.6. The highest BCUT2D eigenvalue weighted by Gasteiger charge is 2.29. The van der Waals surface area contributed by atoms with E-state index < -0.39 is 9.70 Å². The Bertz CT molecular complexity index is 229. The van der Waals surface area contributed by atoms with Crippen molar-refractivity contribution in [1.29, 1.82) is 0 Å². The van der Waals surface area contributed by atoms with Crippen LogP contribution in [0.5, 0.6) is 0 Å². The fourth-order valence-electron chi connectivity index (χ4n) is 1.91. The first-order valence-corrected chi connectivity index (χ1v) is 8.47. The van der Waals surface area contributed by atoms with Crippen molar-refractivity contribution in [3.63, 3.8) is 0 Å². The van der Waals surface area contributed by atoms with Crippen molar-refractivity contribution in [2.75, 3.05) is 6.54 Å². The highest BCUT2D eigenvalue weighted by molar-refractivity contribution is 6.76. The van der Waals surface area contributed by atoms with Crippen LogP contribution in [0.3, 0.4) is 0 Å². The normalized spacial score (nSPS) is 11.6. The Balaban J connectivity index is 3.17. The SMILES string of the molecule is CCCCCCCCCCCCNC(=O)C(Cl)(Cl)Cl. The minimum Gasteiger partial charge on any atom is -0.352 e. The molecule has 0 atom stereocenters. The first-order chi connectivity index (χ1) is 8.98. The molecule has 0 rings (SSSR count). The maximum Gasteiger partial charge on any atom is 0.272 e. The van der Waals surface area contributed by atoms with Crippen LogP contribution in [0.15, 0.2) is 0 Å². The van der Waals surface area contributed by atoms with Gasteiger partial charge in [0.2, 0.25) is 0 Å².